The highest BCUT2D eigenvalue weighted by molar-refractivity contribution is 8.01. The highest BCUT2D eigenvalue weighted by atomic mass is 35.5. The zero-order valence-electron chi connectivity index (χ0n) is 12.4. The second-order valence-corrected chi connectivity index (χ2v) is 6.39. The van der Waals surface area contributed by atoms with Crippen LogP contribution in [0.1, 0.15) is 25.8 Å². The molecule has 1 atom stereocenters. The minimum absolute atomic E-state index is 0.152. The van der Waals surface area contributed by atoms with Gasteiger partial charge in [0.15, 0.2) is 0 Å². The van der Waals surface area contributed by atoms with Gasteiger partial charge in [-0.1, -0.05) is 18.5 Å². The number of thioether (sulfide) groups is 1. The molecule has 1 unspecified atom stereocenters. The van der Waals surface area contributed by atoms with Gasteiger partial charge in [0.05, 0.1) is 12.4 Å². The van der Waals surface area contributed by atoms with Crippen molar-refractivity contribution in [1.82, 2.24) is 0 Å². The topological polar surface area (TPSA) is 55.4 Å². The summed E-state index contributed by atoms with van der Waals surface area (Å²) in [6.07, 6.45) is 0.791. The van der Waals surface area contributed by atoms with Gasteiger partial charge in [-0.2, -0.15) is 0 Å². The molecule has 1 amide bonds. The van der Waals surface area contributed by atoms with Gasteiger partial charge in [0, 0.05) is 10.7 Å². The maximum Gasteiger partial charge on any atom is 0.318 e. The predicted molar refractivity (Wildman–Crippen MR) is 88.0 cm³/mol. The molecule has 1 aromatic rings. The van der Waals surface area contributed by atoms with Gasteiger partial charge in [-0.3, -0.25) is 9.59 Å². The molecule has 116 valence electrons. The lowest BCUT2D eigenvalue weighted by atomic mass is 10.2. The van der Waals surface area contributed by atoms with E-state index in [0.717, 1.165) is 17.7 Å². The van der Waals surface area contributed by atoms with E-state index in [1.165, 1.54) is 11.8 Å². The lowest BCUT2D eigenvalue weighted by Crippen LogP contribution is -2.21. The molecule has 4 nitrogen and oxygen atoms in total. The second kappa shape index (κ2) is 8.95. The lowest BCUT2D eigenvalue weighted by molar-refractivity contribution is -0.142. The Kier molecular flexibility index (Phi) is 7.61. The van der Waals surface area contributed by atoms with Gasteiger partial charge in [-0.05, 0) is 44.0 Å². The van der Waals surface area contributed by atoms with Crippen LogP contribution in [0.15, 0.2) is 18.2 Å². The zero-order chi connectivity index (χ0) is 15.8. The molecule has 0 bridgehead atoms. The van der Waals surface area contributed by atoms with E-state index in [9.17, 15) is 9.59 Å². The molecule has 0 aromatic heterocycles. The highest BCUT2D eigenvalue weighted by Crippen LogP contribution is 2.20. The summed E-state index contributed by atoms with van der Waals surface area (Å²) in [5.41, 5.74) is 1.63. The minimum Gasteiger partial charge on any atom is -0.465 e. The average molecular weight is 330 g/mol. The van der Waals surface area contributed by atoms with Gasteiger partial charge in [-0.25, -0.2) is 0 Å². The van der Waals surface area contributed by atoms with Crippen molar-refractivity contribution in [3.05, 3.63) is 28.8 Å². The first-order chi connectivity index (χ1) is 9.93. The Hall–Kier alpha value is -1.20. The van der Waals surface area contributed by atoms with Gasteiger partial charge in [0.2, 0.25) is 5.91 Å². The van der Waals surface area contributed by atoms with Crippen LogP contribution in [0, 0.1) is 6.92 Å². The number of hydrogen-bond donors (Lipinski definition) is 1. The molecular weight excluding hydrogens is 310 g/mol. The van der Waals surface area contributed by atoms with E-state index in [1.807, 2.05) is 13.8 Å². The number of carbonyl (C=O) groups excluding carboxylic acids is 2. The molecule has 1 N–H and O–H groups in total. The number of aryl methyl sites for hydroxylation is 1. The normalized spacial score (nSPS) is 11.8. The van der Waals surface area contributed by atoms with E-state index < -0.39 is 0 Å². The smallest absolute Gasteiger partial charge is 0.318 e. The van der Waals surface area contributed by atoms with Crippen LogP contribution >= 0.6 is 23.4 Å². The van der Waals surface area contributed by atoms with E-state index in [-0.39, 0.29) is 22.9 Å². The van der Waals surface area contributed by atoms with Crippen molar-refractivity contribution < 1.29 is 14.3 Å². The number of rotatable bonds is 7. The summed E-state index contributed by atoms with van der Waals surface area (Å²) in [5, 5.41) is 3.08. The van der Waals surface area contributed by atoms with Gasteiger partial charge in [0.1, 0.15) is 5.25 Å². The van der Waals surface area contributed by atoms with Crippen molar-refractivity contribution in [2.45, 2.75) is 32.4 Å². The van der Waals surface area contributed by atoms with E-state index in [2.05, 4.69) is 5.32 Å². The highest BCUT2D eigenvalue weighted by Gasteiger charge is 2.16. The fourth-order valence-electron chi connectivity index (χ4n) is 1.54. The zero-order valence-corrected chi connectivity index (χ0v) is 14.0. The van der Waals surface area contributed by atoms with Gasteiger partial charge >= 0.3 is 5.97 Å². The molecule has 0 aliphatic rings. The number of esters is 1. The summed E-state index contributed by atoms with van der Waals surface area (Å²) in [6.45, 7) is 5.97. The fourth-order valence-corrected chi connectivity index (χ4v) is 2.45. The molecule has 21 heavy (non-hydrogen) atoms. The molecule has 6 heteroatoms. The average Bonchev–Trinajstić information content (AvgIpc) is 2.45. The fraction of sp³-hybridized carbons (Fsp3) is 0.467. The number of benzene rings is 1. The summed E-state index contributed by atoms with van der Waals surface area (Å²) in [4.78, 5) is 23.4. The quantitative estimate of drug-likeness (QED) is 0.776. The Morgan fingerprint density at radius 3 is 2.76 bits per heavy atom. The Morgan fingerprint density at radius 1 is 1.43 bits per heavy atom. The SMILES string of the molecule is CCCOC(=O)C(C)SCC(=O)Nc1ccc(Cl)cc1C. The Balaban J connectivity index is 2.42. The summed E-state index contributed by atoms with van der Waals surface area (Å²) >= 11 is 7.12. The number of halogens is 1. The monoisotopic (exact) mass is 329 g/mol. The Bertz CT molecular complexity index is 508. The van der Waals surface area contributed by atoms with E-state index in [4.69, 9.17) is 16.3 Å². The number of carbonyl (C=O) groups is 2. The van der Waals surface area contributed by atoms with Crippen molar-refractivity contribution in [2.75, 3.05) is 17.7 Å². The third-order valence-corrected chi connectivity index (χ3v) is 4.06. The van der Waals surface area contributed by atoms with Crippen molar-refractivity contribution in [3.63, 3.8) is 0 Å². The lowest BCUT2D eigenvalue weighted by Gasteiger charge is -2.12. The number of hydrogen-bond acceptors (Lipinski definition) is 4. The second-order valence-electron chi connectivity index (χ2n) is 4.63. The van der Waals surface area contributed by atoms with Crippen LogP contribution in [0.4, 0.5) is 5.69 Å². The molecule has 0 aliphatic heterocycles. The molecule has 0 fully saturated rings. The van der Waals surface area contributed by atoms with E-state index >= 15 is 0 Å². The summed E-state index contributed by atoms with van der Waals surface area (Å²) in [7, 11) is 0. The first-order valence-electron chi connectivity index (χ1n) is 6.78. The maximum absolute atomic E-state index is 11.9. The molecule has 0 aliphatic carbocycles. The number of nitrogens with one attached hydrogen (secondary N) is 1. The van der Waals surface area contributed by atoms with Crippen LogP contribution in [0.2, 0.25) is 5.02 Å². The van der Waals surface area contributed by atoms with E-state index in [1.54, 1.807) is 25.1 Å². The first-order valence-corrected chi connectivity index (χ1v) is 8.21. The maximum atomic E-state index is 11.9. The number of anilines is 1. The molecule has 0 heterocycles. The molecule has 0 radical (unpaired) electrons. The Labute approximate surface area is 134 Å². The number of amides is 1. The Morgan fingerprint density at radius 2 is 2.14 bits per heavy atom. The van der Waals surface area contributed by atoms with Crippen LogP contribution < -0.4 is 5.32 Å². The van der Waals surface area contributed by atoms with Crippen LogP contribution in [-0.4, -0.2) is 29.5 Å². The first kappa shape index (κ1) is 17.9. The third-order valence-electron chi connectivity index (χ3n) is 2.71. The molecule has 0 saturated carbocycles. The van der Waals surface area contributed by atoms with Crippen molar-refractivity contribution >= 4 is 40.9 Å². The largest absolute Gasteiger partial charge is 0.465 e. The molecule has 0 saturated heterocycles. The van der Waals surface area contributed by atoms with Gasteiger partial charge in [-0.15, -0.1) is 11.8 Å². The summed E-state index contributed by atoms with van der Waals surface area (Å²) in [5.74, 6) is -0.234. The molecule has 1 rings (SSSR count). The summed E-state index contributed by atoms with van der Waals surface area (Å²) in [6, 6.07) is 5.27. The van der Waals surface area contributed by atoms with Crippen LogP contribution in [0.5, 0.6) is 0 Å². The molecule has 1 aromatic carbocycles. The third kappa shape index (κ3) is 6.40. The van der Waals surface area contributed by atoms with Crippen LogP contribution in [0.25, 0.3) is 0 Å². The van der Waals surface area contributed by atoms with Gasteiger partial charge < -0.3 is 10.1 Å². The van der Waals surface area contributed by atoms with Gasteiger partial charge in [0.25, 0.3) is 0 Å². The number of ether oxygens (including phenoxy) is 1. The summed E-state index contributed by atoms with van der Waals surface area (Å²) < 4.78 is 5.03. The van der Waals surface area contributed by atoms with Crippen molar-refractivity contribution in [2.24, 2.45) is 0 Å². The van der Waals surface area contributed by atoms with Crippen LogP contribution in [0.3, 0.4) is 0 Å². The van der Waals surface area contributed by atoms with Crippen molar-refractivity contribution in [3.8, 4) is 0 Å². The molecule has 0 spiro atoms. The van der Waals surface area contributed by atoms with Crippen LogP contribution in [-0.2, 0) is 14.3 Å². The molecular formula is C15H20ClNO3S. The standard InChI is InChI=1S/C15H20ClNO3S/c1-4-7-20-15(19)11(3)21-9-14(18)17-13-6-5-12(16)8-10(13)2/h5-6,8,11H,4,7,9H2,1-3H3,(H,17,18). The predicted octanol–water partition coefficient (Wildman–Crippen LogP) is 3.66. The minimum atomic E-state index is -0.353. The van der Waals surface area contributed by atoms with Crippen molar-refractivity contribution in [1.29, 1.82) is 0 Å². The van der Waals surface area contributed by atoms with E-state index in [0.29, 0.717) is 11.6 Å².